The normalized spacial score (nSPS) is 20.3. The van der Waals surface area contributed by atoms with Gasteiger partial charge in [-0.25, -0.2) is 12.8 Å². The lowest BCUT2D eigenvalue weighted by Gasteiger charge is -2.36. The molecule has 0 fully saturated rings. The first-order valence-corrected chi connectivity index (χ1v) is 17.2. The van der Waals surface area contributed by atoms with E-state index in [1.54, 1.807) is 49.5 Å². The number of likely N-dealkylation sites (N-methyl/N-ethyl adjacent to an activating group) is 1. The summed E-state index contributed by atoms with van der Waals surface area (Å²) in [6.45, 7) is 6.10. The third-order valence-corrected chi connectivity index (χ3v) is 9.55. The first kappa shape index (κ1) is 35.8. The van der Waals surface area contributed by atoms with Gasteiger partial charge in [0.1, 0.15) is 11.6 Å². The maximum atomic E-state index is 14.3. The highest BCUT2D eigenvalue weighted by Gasteiger charge is 2.31. The Morgan fingerprint density at radius 2 is 1.83 bits per heavy atom. The van der Waals surface area contributed by atoms with Crippen LogP contribution in [0.15, 0.2) is 71.9 Å². The van der Waals surface area contributed by atoms with Crippen LogP contribution in [0.25, 0.3) is 0 Å². The summed E-state index contributed by atoms with van der Waals surface area (Å²) in [6, 6.07) is 11.6. The first-order valence-electron chi connectivity index (χ1n) is 15.7. The second-order valence-electron chi connectivity index (χ2n) is 12.0. The summed E-state index contributed by atoms with van der Waals surface area (Å²) in [6.07, 6.45) is 4.64. The van der Waals surface area contributed by atoms with Crippen molar-refractivity contribution in [3.8, 4) is 5.75 Å². The van der Waals surface area contributed by atoms with Crippen LogP contribution in [0, 0.1) is 11.7 Å². The molecule has 2 heterocycles. The zero-order chi connectivity index (χ0) is 34.1. The number of amides is 2. The molecule has 1 aromatic heterocycles. The second-order valence-corrected chi connectivity index (χ2v) is 13.7. The number of ether oxygens (including phenoxy) is 2. The number of nitrogens with zero attached hydrogens (tertiary/aromatic N) is 3. The second kappa shape index (κ2) is 16.2. The predicted octanol–water partition coefficient (Wildman–Crippen LogP) is 4.59. The Morgan fingerprint density at radius 1 is 1.13 bits per heavy atom. The first-order chi connectivity index (χ1) is 22.4. The van der Waals surface area contributed by atoms with Crippen LogP contribution in [0.5, 0.6) is 5.75 Å². The molecular formula is C34H43FN4O7S. The fraction of sp³-hybridized carbons (Fsp3) is 0.441. The molecule has 0 saturated heterocycles. The van der Waals surface area contributed by atoms with Crippen molar-refractivity contribution < 1.29 is 37.0 Å². The van der Waals surface area contributed by atoms with Gasteiger partial charge >= 0.3 is 0 Å². The van der Waals surface area contributed by atoms with Gasteiger partial charge in [-0.2, -0.15) is 0 Å². The van der Waals surface area contributed by atoms with Crippen LogP contribution in [-0.4, -0.2) is 91.7 Å². The maximum Gasteiger partial charge on any atom is 0.261 e. The van der Waals surface area contributed by atoms with E-state index in [2.05, 4.69) is 9.71 Å². The van der Waals surface area contributed by atoms with E-state index < -0.39 is 33.9 Å². The van der Waals surface area contributed by atoms with E-state index in [0.29, 0.717) is 18.6 Å². The van der Waals surface area contributed by atoms with Crippen LogP contribution >= 0.6 is 0 Å². The van der Waals surface area contributed by atoms with Gasteiger partial charge in [0.2, 0.25) is 0 Å². The molecule has 13 heteroatoms. The molecule has 0 spiro atoms. The van der Waals surface area contributed by atoms with Gasteiger partial charge in [0, 0.05) is 56.3 Å². The summed E-state index contributed by atoms with van der Waals surface area (Å²) in [5.41, 5.74) is 0.724. The number of aliphatic hydroxyl groups is 1. The number of pyridine rings is 1. The summed E-state index contributed by atoms with van der Waals surface area (Å²) in [5, 5.41) is 10.2. The van der Waals surface area contributed by atoms with Crippen molar-refractivity contribution >= 4 is 27.5 Å². The van der Waals surface area contributed by atoms with Gasteiger partial charge in [-0.3, -0.25) is 19.3 Å². The van der Waals surface area contributed by atoms with E-state index in [9.17, 15) is 27.5 Å². The minimum Gasteiger partial charge on any atom is -0.490 e. The van der Waals surface area contributed by atoms with Gasteiger partial charge in [0.25, 0.3) is 21.8 Å². The standard InChI is InChI=1S/C34H43FN4O7S/c1-23-20-39(24(2)22-40)34(42)30-19-28(37-47(43,44)29-11-8-27(35)9-12-29)10-13-31(30)46-25(3)7-5-6-18-45-32(23)21-38(4)33(41)26-14-16-36-17-15-26/h8-17,19,23-25,32,37,40H,5-7,18,20-22H2,1-4H3/t23-,24+,25-,32+/m0/s1. The van der Waals surface area contributed by atoms with Crippen molar-refractivity contribution in [1.82, 2.24) is 14.8 Å². The van der Waals surface area contributed by atoms with Crippen LogP contribution < -0.4 is 9.46 Å². The monoisotopic (exact) mass is 670 g/mol. The molecule has 0 saturated carbocycles. The van der Waals surface area contributed by atoms with Crippen molar-refractivity contribution in [2.45, 2.75) is 63.2 Å². The molecule has 0 aliphatic carbocycles. The molecule has 3 aromatic rings. The highest BCUT2D eigenvalue weighted by Crippen LogP contribution is 2.29. The maximum absolute atomic E-state index is 14.3. The average molecular weight is 671 g/mol. The Kier molecular flexibility index (Phi) is 12.3. The minimum absolute atomic E-state index is 0.112. The predicted molar refractivity (Wildman–Crippen MR) is 175 cm³/mol. The van der Waals surface area contributed by atoms with E-state index in [-0.39, 0.29) is 59.5 Å². The van der Waals surface area contributed by atoms with Crippen LogP contribution in [0.3, 0.4) is 0 Å². The van der Waals surface area contributed by atoms with Gasteiger partial charge < -0.3 is 24.4 Å². The van der Waals surface area contributed by atoms with Crippen LogP contribution in [-0.2, 0) is 14.8 Å². The third-order valence-electron chi connectivity index (χ3n) is 8.16. The van der Waals surface area contributed by atoms with Gasteiger partial charge in [0.05, 0.1) is 35.3 Å². The highest BCUT2D eigenvalue weighted by molar-refractivity contribution is 7.92. The lowest BCUT2D eigenvalue weighted by atomic mass is 10.0. The van der Waals surface area contributed by atoms with E-state index in [0.717, 1.165) is 37.1 Å². The smallest absolute Gasteiger partial charge is 0.261 e. The number of carbonyl (C=O) groups excluding carboxylic acids is 2. The number of aromatic nitrogens is 1. The summed E-state index contributed by atoms with van der Waals surface area (Å²) >= 11 is 0. The number of sulfonamides is 1. The number of aliphatic hydroxyl groups excluding tert-OH is 1. The van der Waals surface area contributed by atoms with Crippen molar-refractivity contribution in [3.63, 3.8) is 0 Å². The Hall–Kier alpha value is -4.07. The molecule has 2 aromatic carbocycles. The zero-order valence-electron chi connectivity index (χ0n) is 27.1. The topological polar surface area (TPSA) is 138 Å². The van der Waals surface area contributed by atoms with Gasteiger partial charge in [-0.15, -0.1) is 0 Å². The number of halogens is 1. The van der Waals surface area contributed by atoms with E-state index >= 15 is 0 Å². The molecule has 2 N–H and O–H groups in total. The summed E-state index contributed by atoms with van der Waals surface area (Å²) in [5.74, 6) is -1.22. The van der Waals surface area contributed by atoms with Gasteiger partial charge in [-0.05, 0) is 87.7 Å². The molecule has 0 bridgehead atoms. The van der Waals surface area contributed by atoms with Crippen molar-refractivity contribution in [2.24, 2.45) is 5.92 Å². The highest BCUT2D eigenvalue weighted by atomic mass is 32.2. The van der Waals surface area contributed by atoms with Crippen LogP contribution in [0.1, 0.15) is 60.7 Å². The molecule has 1 aliphatic heterocycles. The number of hydrogen-bond acceptors (Lipinski definition) is 8. The van der Waals surface area contributed by atoms with Crippen molar-refractivity contribution in [2.75, 3.05) is 38.1 Å². The van der Waals surface area contributed by atoms with Gasteiger partial charge in [-0.1, -0.05) is 6.92 Å². The average Bonchev–Trinajstić information content (AvgIpc) is 3.06. The van der Waals surface area contributed by atoms with Crippen molar-refractivity contribution in [1.29, 1.82) is 0 Å². The number of hydrogen-bond donors (Lipinski definition) is 2. The number of rotatable bonds is 8. The molecule has 2 amide bonds. The summed E-state index contributed by atoms with van der Waals surface area (Å²) < 4.78 is 54.6. The van der Waals surface area contributed by atoms with Crippen LogP contribution in [0.4, 0.5) is 10.1 Å². The van der Waals surface area contributed by atoms with Crippen LogP contribution in [0.2, 0.25) is 0 Å². The molecular weight excluding hydrogens is 627 g/mol. The summed E-state index contributed by atoms with van der Waals surface area (Å²) in [4.78, 5) is 34.4. The zero-order valence-corrected chi connectivity index (χ0v) is 28.0. The Balaban J connectivity index is 1.66. The van der Waals surface area contributed by atoms with E-state index in [1.807, 2.05) is 13.8 Å². The molecule has 1 aliphatic rings. The molecule has 4 rings (SSSR count). The quantitative estimate of drug-likeness (QED) is 0.355. The Bertz CT molecular complexity index is 1610. The largest absolute Gasteiger partial charge is 0.490 e. The third kappa shape index (κ3) is 9.49. The minimum atomic E-state index is -4.10. The number of benzene rings is 2. The Labute approximate surface area is 275 Å². The molecule has 0 radical (unpaired) electrons. The Morgan fingerprint density at radius 3 is 2.51 bits per heavy atom. The molecule has 11 nitrogen and oxygen atoms in total. The van der Waals surface area contributed by atoms with Gasteiger partial charge in [0.15, 0.2) is 0 Å². The molecule has 4 atom stereocenters. The lowest BCUT2D eigenvalue weighted by Crippen LogP contribution is -2.48. The fourth-order valence-electron chi connectivity index (χ4n) is 5.34. The molecule has 254 valence electrons. The number of fused-ring (bicyclic) bond motifs is 1. The molecule has 47 heavy (non-hydrogen) atoms. The number of carbonyl (C=O) groups is 2. The number of nitrogens with one attached hydrogen (secondary N) is 1. The van der Waals surface area contributed by atoms with Crippen molar-refractivity contribution in [3.05, 3.63) is 83.9 Å². The SMILES string of the molecule is C[C@H](CO)N1C[C@H](C)[C@@H](CN(C)C(=O)c2ccncc2)OCCCC[C@H](C)Oc2ccc(NS(=O)(=O)c3ccc(F)cc3)cc2C1=O. The summed E-state index contributed by atoms with van der Waals surface area (Å²) in [7, 11) is -2.40. The molecule has 0 unspecified atom stereocenters. The van der Waals surface area contributed by atoms with E-state index in [1.165, 1.54) is 17.0 Å². The lowest BCUT2D eigenvalue weighted by molar-refractivity contribution is -0.0149. The fourth-order valence-corrected chi connectivity index (χ4v) is 6.39. The van der Waals surface area contributed by atoms with E-state index in [4.69, 9.17) is 9.47 Å². The number of anilines is 1.